The quantitative estimate of drug-likeness (QED) is 0.520. The molecule has 198 valence electrons. The van der Waals surface area contributed by atoms with Crippen LogP contribution in [-0.4, -0.2) is 57.7 Å². The van der Waals surface area contributed by atoms with E-state index in [2.05, 4.69) is 10.3 Å². The predicted molar refractivity (Wildman–Crippen MR) is 131 cm³/mol. The SMILES string of the molecule is CC(=O)Nc1cc(F)c(-c2nc3cc(CF)ccn3c2C[C@H]2CN(C(=O)OC(C)(C)C)CCO2)c(F)c1. The fraction of sp³-hybridized carbons (Fsp3) is 0.423. The van der Waals surface area contributed by atoms with Gasteiger partial charge in [0.1, 0.15) is 29.6 Å². The van der Waals surface area contributed by atoms with Crippen molar-refractivity contribution in [3.05, 3.63) is 53.4 Å². The summed E-state index contributed by atoms with van der Waals surface area (Å²) in [5, 5.41) is 2.36. The molecule has 11 heteroatoms. The van der Waals surface area contributed by atoms with Crippen LogP contribution < -0.4 is 5.32 Å². The smallest absolute Gasteiger partial charge is 0.410 e. The van der Waals surface area contributed by atoms with Crippen LogP contribution in [-0.2, 0) is 27.4 Å². The minimum absolute atomic E-state index is 0.0263. The number of alkyl halides is 1. The van der Waals surface area contributed by atoms with Crippen LogP contribution >= 0.6 is 0 Å². The number of pyridine rings is 1. The number of benzene rings is 1. The van der Waals surface area contributed by atoms with Gasteiger partial charge in [-0.3, -0.25) is 4.79 Å². The van der Waals surface area contributed by atoms with Gasteiger partial charge in [0.2, 0.25) is 5.91 Å². The third kappa shape index (κ3) is 6.04. The Morgan fingerprint density at radius 2 is 1.92 bits per heavy atom. The van der Waals surface area contributed by atoms with Gasteiger partial charge in [0.05, 0.1) is 36.2 Å². The average Bonchev–Trinajstić information content (AvgIpc) is 3.14. The topological polar surface area (TPSA) is 85.2 Å². The molecule has 8 nitrogen and oxygen atoms in total. The zero-order valence-electron chi connectivity index (χ0n) is 21.1. The van der Waals surface area contributed by atoms with E-state index in [0.29, 0.717) is 23.4 Å². The van der Waals surface area contributed by atoms with Gasteiger partial charge in [-0.05, 0) is 50.6 Å². The van der Waals surface area contributed by atoms with E-state index in [1.807, 2.05) is 0 Å². The maximum absolute atomic E-state index is 15.2. The highest BCUT2D eigenvalue weighted by molar-refractivity contribution is 5.89. The minimum Gasteiger partial charge on any atom is -0.444 e. The van der Waals surface area contributed by atoms with E-state index in [1.54, 1.807) is 37.4 Å². The molecule has 1 saturated heterocycles. The molecular formula is C26H29F3N4O4. The third-order valence-electron chi connectivity index (χ3n) is 5.75. The van der Waals surface area contributed by atoms with E-state index < -0.39 is 42.0 Å². The summed E-state index contributed by atoms with van der Waals surface area (Å²) >= 11 is 0. The molecule has 0 aliphatic carbocycles. The number of nitrogens with one attached hydrogen (secondary N) is 1. The molecule has 1 fully saturated rings. The maximum atomic E-state index is 15.2. The van der Waals surface area contributed by atoms with E-state index in [0.717, 1.165) is 12.1 Å². The largest absolute Gasteiger partial charge is 0.444 e. The van der Waals surface area contributed by atoms with Crippen LogP contribution in [0.4, 0.5) is 23.7 Å². The van der Waals surface area contributed by atoms with E-state index in [4.69, 9.17) is 9.47 Å². The lowest BCUT2D eigenvalue weighted by atomic mass is 10.0. The molecule has 1 aliphatic rings. The molecule has 3 aromatic rings. The number of morpholine rings is 1. The molecule has 0 bridgehead atoms. The molecule has 2 aromatic heterocycles. The zero-order valence-corrected chi connectivity index (χ0v) is 21.1. The van der Waals surface area contributed by atoms with E-state index >= 15 is 8.78 Å². The van der Waals surface area contributed by atoms with Gasteiger partial charge in [-0.25, -0.2) is 22.9 Å². The van der Waals surface area contributed by atoms with Gasteiger partial charge in [-0.1, -0.05) is 0 Å². The van der Waals surface area contributed by atoms with Crippen molar-refractivity contribution in [1.29, 1.82) is 0 Å². The number of nitrogens with zero attached hydrogens (tertiary/aromatic N) is 3. The standard InChI is InChI=1S/C26H29F3N4O4/c1-15(34)30-17-10-19(28)23(20(29)11-17)24-21(33-6-5-16(13-27)9-22(33)31-24)12-18-14-32(7-8-36-18)25(35)37-26(2,3)4/h5-6,9-11,18H,7-8,12-14H2,1-4H3,(H,30,34)/t18-/m0/s1. The number of hydrogen-bond donors (Lipinski definition) is 1. The van der Waals surface area contributed by atoms with Crippen molar-refractivity contribution in [2.45, 2.75) is 52.5 Å². The van der Waals surface area contributed by atoms with Crippen molar-refractivity contribution in [3.63, 3.8) is 0 Å². The number of halogens is 3. The van der Waals surface area contributed by atoms with Gasteiger partial charge in [0, 0.05) is 31.8 Å². The average molecular weight is 519 g/mol. The van der Waals surface area contributed by atoms with Gasteiger partial charge in [0.25, 0.3) is 0 Å². The summed E-state index contributed by atoms with van der Waals surface area (Å²) in [4.78, 5) is 29.9. The number of carbonyl (C=O) groups is 2. The summed E-state index contributed by atoms with van der Waals surface area (Å²) in [6.07, 6.45) is 0.770. The number of anilines is 1. The molecule has 0 spiro atoms. The van der Waals surface area contributed by atoms with Crippen LogP contribution in [0.3, 0.4) is 0 Å². The van der Waals surface area contributed by atoms with Crippen LogP contribution in [0, 0.1) is 11.6 Å². The highest BCUT2D eigenvalue weighted by Gasteiger charge is 2.31. The summed E-state index contributed by atoms with van der Waals surface area (Å²) in [5.41, 5.74) is 0.0632. The van der Waals surface area contributed by atoms with Crippen LogP contribution in [0.1, 0.15) is 39.0 Å². The number of carbonyl (C=O) groups excluding carboxylic acids is 2. The number of hydrogen-bond acceptors (Lipinski definition) is 5. The van der Waals surface area contributed by atoms with Crippen LogP contribution in [0.2, 0.25) is 0 Å². The number of fused-ring (bicyclic) bond motifs is 1. The highest BCUT2D eigenvalue weighted by Crippen LogP contribution is 2.33. The molecular weight excluding hydrogens is 489 g/mol. The molecule has 1 aromatic carbocycles. The fourth-order valence-electron chi connectivity index (χ4n) is 4.24. The summed E-state index contributed by atoms with van der Waals surface area (Å²) in [6.45, 7) is 6.65. The second kappa shape index (κ2) is 10.4. The van der Waals surface area contributed by atoms with Crippen molar-refractivity contribution < 1.29 is 32.2 Å². The number of rotatable bonds is 5. The number of ether oxygens (including phenoxy) is 2. The van der Waals surface area contributed by atoms with Crippen LogP contribution in [0.25, 0.3) is 16.9 Å². The van der Waals surface area contributed by atoms with Gasteiger partial charge < -0.3 is 24.1 Å². The number of amides is 2. The predicted octanol–water partition coefficient (Wildman–Crippen LogP) is 4.89. The maximum Gasteiger partial charge on any atom is 0.410 e. The molecule has 0 saturated carbocycles. The van der Waals surface area contributed by atoms with Gasteiger partial charge in [0.15, 0.2) is 0 Å². The van der Waals surface area contributed by atoms with Crippen molar-refractivity contribution >= 4 is 23.3 Å². The second-order valence-corrected chi connectivity index (χ2v) is 9.92. The lowest BCUT2D eigenvalue weighted by Gasteiger charge is -2.34. The summed E-state index contributed by atoms with van der Waals surface area (Å²) < 4.78 is 56.7. The first-order chi connectivity index (χ1) is 17.4. The van der Waals surface area contributed by atoms with Crippen molar-refractivity contribution in [2.24, 2.45) is 0 Å². The van der Waals surface area contributed by atoms with Crippen molar-refractivity contribution in [3.8, 4) is 11.3 Å². The third-order valence-corrected chi connectivity index (χ3v) is 5.75. The molecule has 2 amide bonds. The Labute approximate surface area is 212 Å². The Hall–Kier alpha value is -3.60. The molecule has 3 heterocycles. The summed E-state index contributed by atoms with van der Waals surface area (Å²) in [7, 11) is 0. The first-order valence-corrected chi connectivity index (χ1v) is 11.9. The van der Waals surface area contributed by atoms with Crippen molar-refractivity contribution in [2.75, 3.05) is 25.0 Å². The first-order valence-electron chi connectivity index (χ1n) is 11.9. The Balaban J connectivity index is 1.72. The monoisotopic (exact) mass is 518 g/mol. The van der Waals surface area contributed by atoms with Crippen LogP contribution in [0.5, 0.6) is 0 Å². The molecule has 0 radical (unpaired) electrons. The van der Waals surface area contributed by atoms with Gasteiger partial charge >= 0.3 is 6.09 Å². The molecule has 1 aliphatic heterocycles. The lowest BCUT2D eigenvalue weighted by molar-refractivity contribution is -0.114. The fourth-order valence-corrected chi connectivity index (χ4v) is 4.24. The second-order valence-electron chi connectivity index (χ2n) is 9.92. The number of imidazole rings is 1. The molecule has 1 atom stereocenters. The Morgan fingerprint density at radius 3 is 2.54 bits per heavy atom. The Bertz CT molecular complexity index is 1310. The molecule has 1 N–H and O–H groups in total. The lowest BCUT2D eigenvalue weighted by Crippen LogP contribution is -2.48. The Morgan fingerprint density at radius 1 is 1.22 bits per heavy atom. The van der Waals surface area contributed by atoms with Gasteiger partial charge in [-0.2, -0.15) is 0 Å². The highest BCUT2D eigenvalue weighted by atomic mass is 19.1. The van der Waals surface area contributed by atoms with Crippen molar-refractivity contribution in [1.82, 2.24) is 14.3 Å². The van der Waals surface area contributed by atoms with Crippen LogP contribution in [0.15, 0.2) is 30.5 Å². The van der Waals surface area contributed by atoms with E-state index in [1.165, 1.54) is 17.9 Å². The van der Waals surface area contributed by atoms with E-state index in [9.17, 15) is 14.0 Å². The first kappa shape index (κ1) is 26.5. The van der Waals surface area contributed by atoms with Gasteiger partial charge in [-0.15, -0.1) is 0 Å². The zero-order chi connectivity index (χ0) is 26.9. The number of aromatic nitrogens is 2. The Kier molecular flexibility index (Phi) is 7.44. The molecule has 37 heavy (non-hydrogen) atoms. The molecule has 0 unspecified atom stereocenters. The summed E-state index contributed by atoms with van der Waals surface area (Å²) in [5.74, 6) is -2.30. The van der Waals surface area contributed by atoms with E-state index in [-0.39, 0.29) is 36.5 Å². The minimum atomic E-state index is -0.918. The summed E-state index contributed by atoms with van der Waals surface area (Å²) in [6, 6.07) is 5.09. The molecule has 4 rings (SSSR count). The normalized spacial score (nSPS) is 16.2.